The monoisotopic (exact) mass is 482 g/mol. The van der Waals surface area contributed by atoms with Crippen LogP contribution in [-0.4, -0.2) is 35.6 Å². The molecule has 1 unspecified atom stereocenters. The van der Waals surface area contributed by atoms with Gasteiger partial charge in [-0.2, -0.15) is 0 Å². The van der Waals surface area contributed by atoms with Crippen LogP contribution in [0.1, 0.15) is 34.6 Å². The molecule has 34 heavy (non-hydrogen) atoms. The molecule has 1 aliphatic heterocycles. The van der Waals surface area contributed by atoms with E-state index in [2.05, 4.69) is 15.6 Å². The lowest BCUT2D eigenvalue weighted by Gasteiger charge is -2.20. The van der Waals surface area contributed by atoms with E-state index in [0.717, 1.165) is 11.3 Å². The van der Waals surface area contributed by atoms with Crippen molar-refractivity contribution in [3.63, 3.8) is 0 Å². The summed E-state index contributed by atoms with van der Waals surface area (Å²) in [5.74, 6) is 0.703. The van der Waals surface area contributed by atoms with Crippen LogP contribution in [-0.2, 0) is 6.42 Å². The van der Waals surface area contributed by atoms with Crippen molar-refractivity contribution in [2.75, 3.05) is 25.1 Å². The van der Waals surface area contributed by atoms with Gasteiger partial charge in [-0.25, -0.2) is 0 Å². The van der Waals surface area contributed by atoms with Gasteiger partial charge in [-0.1, -0.05) is 17.7 Å². The zero-order chi connectivity index (χ0) is 24.1. The number of aromatic nitrogens is 1. The van der Waals surface area contributed by atoms with Gasteiger partial charge in [0.2, 0.25) is 0 Å². The molecule has 3 aromatic rings. The summed E-state index contributed by atoms with van der Waals surface area (Å²) in [6.07, 6.45) is 2.17. The fourth-order valence-electron chi connectivity index (χ4n) is 3.62. The molecule has 0 saturated carbocycles. The molecule has 0 spiro atoms. The number of nitrogens with one attached hydrogen (secondary N) is 2. The van der Waals surface area contributed by atoms with Gasteiger partial charge in [0.1, 0.15) is 18.9 Å². The Morgan fingerprint density at radius 3 is 2.79 bits per heavy atom. The third-order valence-corrected chi connectivity index (χ3v) is 5.60. The number of nitro benzene ring substituents is 1. The Kier molecular flexibility index (Phi) is 7.12. The Balaban J connectivity index is 1.41. The normalized spacial score (nSPS) is 13.1. The number of rotatable bonds is 8. The molecule has 9 nitrogen and oxygen atoms in total. The second kappa shape index (κ2) is 10.4. The summed E-state index contributed by atoms with van der Waals surface area (Å²) in [5.41, 5.74) is 1.95. The van der Waals surface area contributed by atoms with E-state index in [9.17, 15) is 14.9 Å². The highest BCUT2D eigenvalue weighted by Gasteiger charge is 2.20. The van der Waals surface area contributed by atoms with Crippen molar-refractivity contribution in [1.29, 1.82) is 0 Å². The smallest absolute Gasteiger partial charge is 0.293 e. The Labute approximate surface area is 201 Å². The lowest BCUT2D eigenvalue weighted by Crippen LogP contribution is -2.26. The molecule has 1 aliphatic rings. The maximum atomic E-state index is 12.6. The quantitative estimate of drug-likeness (QED) is 0.357. The maximum Gasteiger partial charge on any atom is 0.293 e. The second-order valence-electron chi connectivity index (χ2n) is 7.72. The molecule has 0 aliphatic carbocycles. The minimum Gasteiger partial charge on any atom is -0.486 e. The minimum absolute atomic E-state index is 0.186. The molecule has 2 heterocycles. The highest BCUT2D eigenvalue weighted by Crippen LogP contribution is 2.38. The SMILES string of the molecule is CC(Nc1ccc(C(=O)NCCc2cc(Cl)c3c(c2)OCCO3)cc1[N+](=O)[O-])c1ccccn1. The number of carbonyl (C=O) groups excluding carboxylic acids is 1. The van der Waals surface area contributed by atoms with E-state index < -0.39 is 10.8 Å². The van der Waals surface area contributed by atoms with Crippen LogP contribution >= 0.6 is 11.6 Å². The molecule has 2 aromatic carbocycles. The van der Waals surface area contributed by atoms with E-state index in [4.69, 9.17) is 21.1 Å². The van der Waals surface area contributed by atoms with Gasteiger partial charge < -0.3 is 20.1 Å². The average Bonchev–Trinajstić information content (AvgIpc) is 2.84. The largest absolute Gasteiger partial charge is 0.486 e. The van der Waals surface area contributed by atoms with Gasteiger partial charge in [-0.05, 0) is 55.3 Å². The van der Waals surface area contributed by atoms with Crippen molar-refractivity contribution in [2.45, 2.75) is 19.4 Å². The molecule has 0 radical (unpaired) electrons. The summed E-state index contributed by atoms with van der Waals surface area (Å²) >= 11 is 6.26. The zero-order valence-electron chi connectivity index (χ0n) is 18.4. The summed E-state index contributed by atoms with van der Waals surface area (Å²) < 4.78 is 11.1. The Bertz CT molecular complexity index is 1210. The molecule has 1 atom stereocenters. The van der Waals surface area contributed by atoms with Crippen molar-refractivity contribution in [1.82, 2.24) is 10.3 Å². The molecule has 1 aromatic heterocycles. The minimum atomic E-state index is -0.512. The molecule has 4 rings (SSSR count). The number of hydrogen-bond donors (Lipinski definition) is 2. The van der Waals surface area contributed by atoms with Crippen molar-refractivity contribution in [3.05, 3.63) is 86.7 Å². The van der Waals surface area contributed by atoms with E-state index in [1.807, 2.05) is 25.1 Å². The molecule has 0 fully saturated rings. The van der Waals surface area contributed by atoms with Crippen LogP contribution < -0.4 is 20.1 Å². The van der Waals surface area contributed by atoms with Gasteiger partial charge in [0.15, 0.2) is 11.5 Å². The molecule has 0 bridgehead atoms. The van der Waals surface area contributed by atoms with Gasteiger partial charge in [0.25, 0.3) is 11.6 Å². The summed E-state index contributed by atoms with van der Waals surface area (Å²) in [7, 11) is 0. The number of benzene rings is 2. The zero-order valence-corrected chi connectivity index (χ0v) is 19.2. The molecule has 10 heteroatoms. The van der Waals surface area contributed by atoms with Gasteiger partial charge in [-0.15, -0.1) is 0 Å². The van der Waals surface area contributed by atoms with Crippen molar-refractivity contribution >= 4 is 28.9 Å². The van der Waals surface area contributed by atoms with Crippen molar-refractivity contribution < 1.29 is 19.2 Å². The first kappa shape index (κ1) is 23.3. The Morgan fingerprint density at radius 2 is 2.03 bits per heavy atom. The van der Waals surface area contributed by atoms with Crippen LogP contribution in [0, 0.1) is 10.1 Å². The van der Waals surface area contributed by atoms with E-state index in [0.29, 0.717) is 48.4 Å². The summed E-state index contributed by atoms with van der Waals surface area (Å²) in [4.78, 5) is 28.0. The van der Waals surface area contributed by atoms with E-state index in [1.165, 1.54) is 12.1 Å². The predicted octanol–water partition coefficient (Wildman–Crippen LogP) is 4.56. The topological polar surface area (TPSA) is 116 Å². The molecular weight excluding hydrogens is 460 g/mol. The van der Waals surface area contributed by atoms with Crippen LogP contribution in [0.3, 0.4) is 0 Å². The van der Waals surface area contributed by atoms with E-state index in [-0.39, 0.29) is 17.3 Å². The van der Waals surface area contributed by atoms with Gasteiger partial charge in [0, 0.05) is 24.4 Å². The first-order valence-corrected chi connectivity index (χ1v) is 11.1. The lowest BCUT2D eigenvalue weighted by atomic mass is 10.1. The number of nitro groups is 1. The highest BCUT2D eigenvalue weighted by molar-refractivity contribution is 6.32. The molecule has 176 valence electrons. The average molecular weight is 483 g/mol. The Hall–Kier alpha value is -3.85. The van der Waals surface area contributed by atoms with Crippen LogP contribution in [0.15, 0.2) is 54.7 Å². The fraction of sp³-hybridized carbons (Fsp3) is 0.250. The Morgan fingerprint density at radius 1 is 1.21 bits per heavy atom. The number of anilines is 1. The summed E-state index contributed by atoms with van der Waals surface area (Å²) in [5, 5.41) is 18.0. The number of pyridine rings is 1. The molecular formula is C24H23ClN4O5. The van der Waals surface area contributed by atoms with Crippen LogP contribution in [0.5, 0.6) is 11.5 Å². The summed E-state index contributed by atoms with van der Waals surface area (Å²) in [6.45, 7) is 3.08. The number of amides is 1. The number of carbonyl (C=O) groups is 1. The number of fused-ring (bicyclic) bond motifs is 1. The van der Waals surface area contributed by atoms with E-state index in [1.54, 1.807) is 24.4 Å². The molecule has 2 N–H and O–H groups in total. The number of halogens is 1. The number of nitrogens with zero attached hydrogens (tertiary/aromatic N) is 2. The maximum absolute atomic E-state index is 12.6. The van der Waals surface area contributed by atoms with Gasteiger partial charge >= 0.3 is 0 Å². The van der Waals surface area contributed by atoms with Crippen molar-refractivity contribution in [3.8, 4) is 11.5 Å². The van der Waals surface area contributed by atoms with E-state index >= 15 is 0 Å². The first-order chi connectivity index (χ1) is 16.4. The first-order valence-electron chi connectivity index (χ1n) is 10.7. The van der Waals surface area contributed by atoms with Crippen molar-refractivity contribution in [2.24, 2.45) is 0 Å². The molecule has 0 saturated heterocycles. The summed E-state index contributed by atoms with van der Waals surface area (Å²) in [6, 6.07) is 13.2. The van der Waals surface area contributed by atoms with Gasteiger partial charge in [-0.3, -0.25) is 19.9 Å². The van der Waals surface area contributed by atoms with Crippen LogP contribution in [0.2, 0.25) is 5.02 Å². The second-order valence-corrected chi connectivity index (χ2v) is 8.12. The fourth-order valence-corrected chi connectivity index (χ4v) is 3.90. The number of hydrogen-bond acceptors (Lipinski definition) is 7. The third kappa shape index (κ3) is 5.37. The standard InChI is InChI=1S/C24H23ClN4O5/c1-15(19-4-2-3-8-26-19)28-20-6-5-17(14-21(20)29(31)32)24(30)27-9-7-16-12-18(25)23-22(13-16)33-10-11-34-23/h2-6,8,12-15,28H,7,9-11H2,1H3,(H,27,30). The van der Waals surface area contributed by atoms with Crippen LogP contribution in [0.25, 0.3) is 0 Å². The predicted molar refractivity (Wildman–Crippen MR) is 128 cm³/mol. The van der Waals surface area contributed by atoms with Crippen LogP contribution in [0.4, 0.5) is 11.4 Å². The third-order valence-electron chi connectivity index (χ3n) is 5.32. The van der Waals surface area contributed by atoms with Gasteiger partial charge in [0.05, 0.1) is 21.7 Å². The molecule has 1 amide bonds. The lowest BCUT2D eigenvalue weighted by molar-refractivity contribution is -0.384. The number of ether oxygens (including phenoxy) is 2. The highest BCUT2D eigenvalue weighted by atomic mass is 35.5.